The van der Waals surface area contributed by atoms with Crippen molar-refractivity contribution >= 4 is 23.6 Å². The van der Waals surface area contributed by atoms with Crippen LogP contribution in [-0.4, -0.2) is 35.5 Å². The Hall–Kier alpha value is -1.82. The second-order valence-corrected chi connectivity index (χ2v) is 4.81. The van der Waals surface area contributed by atoms with E-state index in [9.17, 15) is 9.59 Å². The fourth-order valence-corrected chi connectivity index (χ4v) is 2.63. The van der Waals surface area contributed by atoms with Gasteiger partial charge in [-0.1, -0.05) is 0 Å². The van der Waals surface area contributed by atoms with Crippen LogP contribution < -0.4 is 10.6 Å². The summed E-state index contributed by atoms with van der Waals surface area (Å²) in [5.41, 5.74) is 1.27. The molecule has 0 aliphatic carbocycles. The van der Waals surface area contributed by atoms with E-state index in [1.165, 1.54) is 0 Å². The maximum absolute atomic E-state index is 12.3. The predicted octanol–water partition coefficient (Wildman–Crippen LogP) is 0.751. The van der Waals surface area contributed by atoms with Crippen LogP contribution >= 0.6 is 0 Å². The first-order chi connectivity index (χ1) is 8.66. The SMILES string of the molecule is Cn1cc2c(c1C=O)NC(=O)C1(CCOCC1)N2. The van der Waals surface area contributed by atoms with Crippen molar-refractivity contribution in [3.05, 3.63) is 11.9 Å². The molecule has 0 atom stereocenters. The second-order valence-electron chi connectivity index (χ2n) is 4.81. The van der Waals surface area contributed by atoms with E-state index >= 15 is 0 Å². The number of nitrogens with one attached hydrogen (secondary N) is 2. The van der Waals surface area contributed by atoms with Crippen LogP contribution in [0.5, 0.6) is 0 Å². The predicted molar refractivity (Wildman–Crippen MR) is 65.8 cm³/mol. The number of fused-ring (bicyclic) bond motifs is 1. The summed E-state index contributed by atoms with van der Waals surface area (Å²) in [4.78, 5) is 23.3. The number of anilines is 2. The first kappa shape index (κ1) is 11.3. The number of carbonyl (C=O) groups is 2. The van der Waals surface area contributed by atoms with Crippen molar-refractivity contribution in [1.29, 1.82) is 0 Å². The Morgan fingerprint density at radius 1 is 1.44 bits per heavy atom. The molecule has 1 spiro atoms. The number of nitrogens with zero attached hydrogens (tertiary/aromatic N) is 1. The quantitative estimate of drug-likeness (QED) is 0.720. The molecule has 0 radical (unpaired) electrons. The molecule has 1 aromatic heterocycles. The molecule has 0 saturated carbocycles. The smallest absolute Gasteiger partial charge is 0.250 e. The van der Waals surface area contributed by atoms with Crippen molar-refractivity contribution in [2.45, 2.75) is 18.4 Å². The topological polar surface area (TPSA) is 72.4 Å². The molecule has 0 unspecified atom stereocenters. The minimum Gasteiger partial charge on any atom is -0.381 e. The van der Waals surface area contributed by atoms with Gasteiger partial charge >= 0.3 is 0 Å². The molecule has 1 fully saturated rings. The first-order valence-electron chi connectivity index (χ1n) is 5.98. The summed E-state index contributed by atoms with van der Waals surface area (Å²) < 4.78 is 7.01. The molecule has 0 aromatic carbocycles. The molecular formula is C12H15N3O3. The van der Waals surface area contributed by atoms with Crippen LogP contribution in [0.15, 0.2) is 6.20 Å². The Bertz CT molecular complexity index is 515. The minimum atomic E-state index is -0.591. The summed E-state index contributed by atoms with van der Waals surface area (Å²) in [5.74, 6) is -0.0763. The average molecular weight is 249 g/mol. The minimum absolute atomic E-state index is 0.0763. The number of aryl methyl sites for hydroxylation is 1. The first-order valence-corrected chi connectivity index (χ1v) is 5.98. The Morgan fingerprint density at radius 2 is 2.17 bits per heavy atom. The van der Waals surface area contributed by atoms with Crippen molar-refractivity contribution in [1.82, 2.24) is 4.57 Å². The third kappa shape index (κ3) is 1.45. The average Bonchev–Trinajstić information content (AvgIpc) is 2.66. The van der Waals surface area contributed by atoms with E-state index in [1.807, 2.05) is 6.20 Å². The molecule has 3 rings (SSSR count). The molecule has 0 bridgehead atoms. The van der Waals surface area contributed by atoms with E-state index in [2.05, 4.69) is 10.6 Å². The molecule has 1 saturated heterocycles. The van der Waals surface area contributed by atoms with Gasteiger partial charge < -0.3 is 19.9 Å². The van der Waals surface area contributed by atoms with Gasteiger partial charge in [0.25, 0.3) is 0 Å². The molecule has 2 aliphatic rings. The molecule has 96 valence electrons. The van der Waals surface area contributed by atoms with Crippen molar-refractivity contribution in [2.24, 2.45) is 7.05 Å². The van der Waals surface area contributed by atoms with Gasteiger partial charge in [0.2, 0.25) is 5.91 Å². The Morgan fingerprint density at radius 3 is 2.83 bits per heavy atom. The fourth-order valence-electron chi connectivity index (χ4n) is 2.63. The molecule has 18 heavy (non-hydrogen) atoms. The van der Waals surface area contributed by atoms with Gasteiger partial charge in [-0.05, 0) is 0 Å². The number of aldehydes is 1. The van der Waals surface area contributed by atoms with E-state index in [1.54, 1.807) is 11.6 Å². The van der Waals surface area contributed by atoms with E-state index < -0.39 is 5.54 Å². The molecule has 6 heteroatoms. The Balaban J connectivity index is 2.01. The van der Waals surface area contributed by atoms with E-state index in [0.29, 0.717) is 37.4 Å². The standard InChI is InChI=1S/C12H15N3O3/c1-15-6-8-10(9(15)7-16)13-11(17)12(14-8)2-4-18-5-3-12/h6-7,14H,2-5H2,1H3,(H,13,17). The molecule has 6 nitrogen and oxygen atoms in total. The normalized spacial score (nSPS) is 21.1. The Labute approximate surface area is 104 Å². The van der Waals surface area contributed by atoms with Crippen LogP contribution in [0.4, 0.5) is 11.4 Å². The van der Waals surface area contributed by atoms with E-state index in [-0.39, 0.29) is 5.91 Å². The number of aromatic nitrogens is 1. The number of amides is 1. The van der Waals surface area contributed by atoms with Crippen LogP contribution in [0.3, 0.4) is 0 Å². The van der Waals surface area contributed by atoms with Crippen LogP contribution in [0.25, 0.3) is 0 Å². The van der Waals surface area contributed by atoms with Gasteiger partial charge in [0.05, 0.1) is 11.4 Å². The van der Waals surface area contributed by atoms with Crippen LogP contribution in [0.1, 0.15) is 23.3 Å². The number of carbonyl (C=O) groups excluding carboxylic acids is 2. The van der Waals surface area contributed by atoms with Crippen molar-refractivity contribution < 1.29 is 14.3 Å². The molecule has 1 amide bonds. The lowest BCUT2D eigenvalue weighted by atomic mass is 9.87. The fraction of sp³-hybridized carbons (Fsp3) is 0.500. The molecule has 1 aromatic rings. The molecule has 3 heterocycles. The zero-order valence-electron chi connectivity index (χ0n) is 10.2. The lowest BCUT2D eigenvalue weighted by molar-refractivity contribution is -0.123. The summed E-state index contributed by atoms with van der Waals surface area (Å²) in [7, 11) is 1.78. The molecular weight excluding hydrogens is 234 g/mol. The molecule has 2 aliphatic heterocycles. The second kappa shape index (κ2) is 3.84. The van der Waals surface area contributed by atoms with Gasteiger partial charge in [0, 0.05) is 39.3 Å². The zero-order valence-corrected chi connectivity index (χ0v) is 10.2. The van der Waals surface area contributed by atoms with Crippen LogP contribution in [0.2, 0.25) is 0 Å². The highest BCUT2D eigenvalue weighted by molar-refractivity contribution is 6.09. The highest BCUT2D eigenvalue weighted by atomic mass is 16.5. The van der Waals surface area contributed by atoms with Gasteiger partial charge in [-0.25, -0.2) is 0 Å². The molecule has 2 N–H and O–H groups in total. The zero-order chi connectivity index (χ0) is 12.8. The maximum Gasteiger partial charge on any atom is 0.250 e. The van der Waals surface area contributed by atoms with Gasteiger partial charge in [0.1, 0.15) is 11.2 Å². The van der Waals surface area contributed by atoms with Crippen molar-refractivity contribution in [3.8, 4) is 0 Å². The number of hydrogen-bond donors (Lipinski definition) is 2. The third-order valence-electron chi connectivity index (χ3n) is 3.73. The summed E-state index contributed by atoms with van der Waals surface area (Å²) in [5, 5.41) is 6.14. The van der Waals surface area contributed by atoms with Gasteiger partial charge in [-0.2, -0.15) is 0 Å². The number of hydrogen-bond acceptors (Lipinski definition) is 4. The summed E-state index contributed by atoms with van der Waals surface area (Å²) >= 11 is 0. The highest BCUT2D eigenvalue weighted by Crippen LogP contribution is 2.38. The van der Waals surface area contributed by atoms with E-state index in [0.717, 1.165) is 12.0 Å². The lowest BCUT2D eigenvalue weighted by Gasteiger charge is -2.40. The summed E-state index contributed by atoms with van der Waals surface area (Å²) in [6.45, 7) is 1.15. The Kier molecular flexibility index (Phi) is 2.41. The summed E-state index contributed by atoms with van der Waals surface area (Å²) in [6, 6.07) is 0. The van der Waals surface area contributed by atoms with Crippen molar-refractivity contribution in [3.63, 3.8) is 0 Å². The lowest BCUT2D eigenvalue weighted by Crippen LogP contribution is -2.55. The third-order valence-corrected chi connectivity index (χ3v) is 3.73. The summed E-state index contributed by atoms with van der Waals surface area (Å²) in [6.07, 6.45) is 3.87. The number of rotatable bonds is 1. The highest BCUT2D eigenvalue weighted by Gasteiger charge is 2.44. The van der Waals surface area contributed by atoms with E-state index in [4.69, 9.17) is 4.74 Å². The van der Waals surface area contributed by atoms with Gasteiger partial charge in [0.15, 0.2) is 6.29 Å². The monoisotopic (exact) mass is 249 g/mol. The van der Waals surface area contributed by atoms with Crippen molar-refractivity contribution in [2.75, 3.05) is 23.8 Å². The number of ether oxygens (including phenoxy) is 1. The van der Waals surface area contributed by atoms with Gasteiger partial charge in [-0.3, -0.25) is 9.59 Å². The largest absolute Gasteiger partial charge is 0.381 e. The van der Waals surface area contributed by atoms with Crippen LogP contribution in [-0.2, 0) is 16.6 Å². The van der Waals surface area contributed by atoms with Crippen LogP contribution in [0, 0.1) is 0 Å². The van der Waals surface area contributed by atoms with Gasteiger partial charge in [-0.15, -0.1) is 0 Å². The maximum atomic E-state index is 12.3.